The molecule has 0 saturated carbocycles. The van der Waals surface area contributed by atoms with Gasteiger partial charge < -0.3 is 20.1 Å². The number of hydrogen-bond donors (Lipinski definition) is 2. The Labute approximate surface area is 138 Å². The predicted octanol–water partition coefficient (Wildman–Crippen LogP) is 1.97. The van der Waals surface area contributed by atoms with Crippen LogP contribution in [0.15, 0.2) is 24.3 Å². The molecule has 1 aromatic rings. The van der Waals surface area contributed by atoms with Crippen LogP contribution in [0.25, 0.3) is 0 Å². The fourth-order valence-electron chi connectivity index (χ4n) is 2.29. The molecule has 1 saturated heterocycles. The van der Waals surface area contributed by atoms with Gasteiger partial charge in [0, 0.05) is 31.3 Å². The van der Waals surface area contributed by atoms with Crippen LogP contribution >= 0.6 is 15.9 Å². The molecule has 7 heteroatoms. The van der Waals surface area contributed by atoms with Gasteiger partial charge in [0.05, 0.1) is 5.56 Å². The molecule has 0 radical (unpaired) electrons. The van der Waals surface area contributed by atoms with Gasteiger partial charge in [-0.1, -0.05) is 15.9 Å². The van der Waals surface area contributed by atoms with Gasteiger partial charge in [0.2, 0.25) is 0 Å². The van der Waals surface area contributed by atoms with Gasteiger partial charge in [0.25, 0.3) is 0 Å². The molecule has 1 heterocycles. The fourth-order valence-corrected chi connectivity index (χ4v) is 2.45. The minimum Gasteiger partial charge on any atom is -0.490 e. The smallest absolute Gasteiger partial charge is 0.338 e. The Balaban J connectivity index is 1.84. The van der Waals surface area contributed by atoms with Crippen molar-refractivity contribution in [3.8, 4) is 5.75 Å². The standard InChI is InChI=1S/C15H20BrN3O3/c16-7-10-21-14(20)11-1-3-12(4-2-11)22-13-5-8-19(9-6-13)15(17)18/h1-4,13H,5-10H2,(H3,17,18). The Kier molecular flexibility index (Phi) is 6.06. The largest absolute Gasteiger partial charge is 0.490 e. The summed E-state index contributed by atoms with van der Waals surface area (Å²) in [5.41, 5.74) is 5.98. The molecule has 120 valence electrons. The zero-order chi connectivity index (χ0) is 15.9. The van der Waals surface area contributed by atoms with Gasteiger partial charge in [0.15, 0.2) is 5.96 Å². The number of piperidine rings is 1. The molecular formula is C15H20BrN3O3. The first-order chi connectivity index (χ1) is 10.6. The number of hydrogen-bond acceptors (Lipinski definition) is 4. The van der Waals surface area contributed by atoms with E-state index in [4.69, 9.17) is 20.6 Å². The van der Waals surface area contributed by atoms with Gasteiger partial charge in [-0.15, -0.1) is 0 Å². The average Bonchev–Trinajstić information content (AvgIpc) is 2.54. The quantitative estimate of drug-likeness (QED) is 0.358. The molecule has 1 aliphatic rings. The summed E-state index contributed by atoms with van der Waals surface area (Å²) < 4.78 is 10.9. The first-order valence-corrected chi connectivity index (χ1v) is 8.31. The number of ether oxygens (including phenoxy) is 2. The van der Waals surface area contributed by atoms with E-state index in [1.165, 1.54) is 0 Å². The second kappa shape index (κ2) is 8.03. The van der Waals surface area contributed by atoms with E-state index in [1.54, 1.807) is 24.3 Å². The molecule has 3 N–H and O–H groups in total. The molecule has 0 spiro atoms. The lowest BCUT2D eigenvalue weighted by molar-refractivity contribution is 0.0531. The summed E-state index contributed by atoms with van der Waals surface area (Å²) in [4.78, 5) is 13.5. The highest BCUT2D eigenvalue weighted by Crippen LogP contribution is 2.19. The number of likely N-dealkylation sites (tertiary alicyclic amines) is 1. The second-order valence-electron chi connectivity index (χ2n) is 5.04. The third kappa shape index (κ3) is 4.62. The number of nitrogens with zero attached hydrogens (tertiary/aromatic N) is 1. The molecular weight excluding hydrogens is 350 g/mol. The van der Waals surface area contributed by atoms with Gasteiger partial charge in [-0.05, 0) is 24.3 Å². The van der Waals surface area contributed by atoms with Crippen LogP contribution in [-0.2, 0) is 4.74 Å². The number of nitrogens with one attached hydrogen (secondary N) is 1. The highest BCUT2D eigenvalue weighted by atomic mass is 79.9. The van der Waals surface area contributed by atoms with Crippen LogP contribution < -0.4 is 10.5 Å². The number of esters is 1. The van der Waals surface area contributed by atoms with E-state index in [0.29, 0.717) is 17.5 Å². The van der Waals surface area contributed by atoms with Crippen molar-refractivity contribution in [2.75, 3.05) is 25.0 Å². The Morgan fingerprint density at radius 3 is 2.50 bits per heavy atom. The van der Waals surface area contributed by atoms with Crippen LogP contribution in [0.3, 0.4) is 0 Å². The van der Waals surface area contributed by atoms with E-state index in [2.05, 4.69) is 15.9 Å². The third-order valence-corrected chi connectivity index (χ3v) is 3.81. The Hall–Kier alpha value is -1.76. The van der Waals surface area contributed by atoms with Crippen LogP contribution in [0.4, 0.5) is 0 Å². The Morgan fingerprint density at radius 1 is 1.32 bits per heavy atom. The molecule has 1 aromatic carbocycles. The SMILES string of the molecule is N=C(N)N1CCC(Oc2ccc(C(=O)OCCBr)cc2)CC1. The molecule has 0 atom stereocenters. The lowest BCUT2D eigenvalue weighted by atomic mass is 10.1. The van der Waals surface area contributed by atoms with Crippen LogP contribution in [-0.4, -0.2) is 48.0 Å². The number of carbonyl (C=O) groups excluding carboxylic acids is 1. The van der Waals surface area contributed by atoms with E-state index in [0.717, 1.165) is 31.7 Å². The monoisotopic (exact) mass is 369 g/mol. The molecule has 0 bridgehead atoms. The summed E-state index contributed by atoms with van der Waals surface area (Å²) in [7, 11) is 0. The second-order valence-corrected chi connectivity index (χ2v) is 5.83. The van der Waals surface area contributed by atoms with Gasteiger partial charge in [-0.3, -0.25) is 5.41 Å². The van der Waals surface area contributed by atoms with Crippen molar-refractivity contribution in [3.63, 3.8) is 0 Å². The van der Waals surface area contributed by atoms with Crippen molar-refractivity contribution in [2.45, 2.75) is 18.9 Å². The number of guanidine groups is 1. The van der Waals surface area contributed by atoms with Gasteiger partial charge >= 0.3 is 5.97 Å². The maximum atomic E-state index is 11.7. The fraction of sp³-hybridized carbons (Fsp3) is 0.467. The van der Waals surface area contributed by atoms with Crippen molar-refractivity contribution in [2.24, 2.45) is 5.73 Å². The van der Waals surface area contributed by atoms with Crippen molar-refractivity contribution in [3.05, 3.63) is 29.8 Å². The molecule has 2 rings (SSSR count). The maximum Gasteiger partial charge on any atom is 0.338 e. The molecule has 1 fully saturated rings. The average molecular weight is 370 g/mol. The summed E-state index contributed by atoms with van der Waals surface area (Å²) in [5, 5.41) is 8.03. The van der Waals surface area contributed by atoms with Crippen molar-refractivity contribution in [1.82, 2.24) is 4.90 Å². The highest BCUT2D eigenvalue weighted by molar-refractivity contribution is 9.09. The molecule has 22 heavy (non-hydrogen) atoms. The molecule has 0 aromatic heterocycles. The zero-order valence-corrected chi connectivity index (χ0v) is 13.8. The third-order valence-electron chi connectivity index (χ3n) is 3.49. The van der Waals surface area contributed by atoms with E-state index in [9.17, 15) is 4.79 Å². The van der Waals surface area contributed by atoms with Gasteiger partial charge in [-0.25, -0.2) is 4.79 Å². The minimum absolute atomic E-state index is 0.113. The lowest BCUT2D eigenvalue weighted by Crippen LogP contribution is -2.44. The van der Waals surface area contributed by atoms with Crippen LogP contribution in [0, 0.1) is 5.41 Å². The summed E-state index contributed by atoms with van der Waals surface area (Å²) in [5.74, 6) is 0.517. The topological polar surface area (TPSA) is 88.6 Å². The lowest BCUT2D eigenvalue weighted by Gasteiger charge is -2.32. The Morgan fingerprint density at radius 2 is 1.95 bits per heavy atom. The van der Waals surface area contributed by atoms with E-state index in [1.807, 2.05) is 4.90 Å². The van der Waals surface area contributed by atoms with E-state index >= 15 is 0 Å². The van der Waals surface area contributed by atoms with Crippen molar-refractivity contribution >= 4 is 27.9 Å². The van der Waals surface area contributed by atoms with Gasteiger partial charge in [0.1, 0.15) is 18.5 Å². The van der Waals surface area contributed by atoms with Gasteiger partial charge in [-0.2, -0.15) is 0 Å². The summed E-state index contributed by atoms with van der Waals surface area (Å²) in [6, 6.07) is 6.97. The molecule has 0 amide bonds. The number of benzene rings is 1. The first kappa shape index (κ1) is 16.6. The summed E-state index contributed by atoms with van der Waals surface area (Å²) in [6.07, 6.45) is 1.77. The molecule has 0 unspecified atom stereocenters. The normalized spacial score (nSPS) is 15.4. The number of halogens is 1. The van der Waals surface area contributed by atoms with E-state index < -0.39 is 0 Å². The van der Waals surface area contributed by atoms with Crippen LogP contribution in [0.1, 0.15) is 23.2 Å². The Bertz CT molecular complexity index is 513. The van der Waals surface area contributed by atoms with E-state index in [-0.39, 0.29) is 18.0 Å². The predicted molar refractivity (Wildman–Crippen MR) is 87.7 cm³/mol. The molecule has 0 aliphatic carbocycles. The summed E-state index contributed by atoms with van der Waals surface area (Å²) in [6.45, 7) is 1.82. The number of carbonyl (C=O) groups is 1. The molecule has 6 nitrogen and oxygen atoms in total. The number of rotatable bonds is 5. The first-order valence-electron chi connectivity index (χ1n) is 7.19. The van der Waals surface area contributed by atoms with Crippen molar-refractivity contribution < 1.29 is 14.3 Å². The molecule has 1 aliphatic heterocycles. The van der Waals surface area contributed by atoms with Crippen LogP contribution in [0.5, 0.6) is 5.75 Å². The minimum atomic E-state index is -0.333. The number of alkyl halides is 1. The zero-order valence-electron chi connectivity index (χ0n) is 12.3. The maximum absolute atomic E-state index is 11.7. The number of nitrogens with two attached hydrogens (primary N) is 1. The summed E-state index contributed by atoms with van der Waals surface area (Å²) >= 11 is 3.21. The van der Waals surface area contributed by atoms with Crippen molar-refractivity contribution in [1.29, 1.82) is 5.41 Å². The highest BCUT2D eigenvalue weighted by Gasteiger charge is 2.21. The van der Waals surface area contributed by atoms with Crippen LogP contribution in [0.2, 0.25) is 0 Å².